The van der Waals surface area contributed by atoms with Gasteiger partial charge in [0.25, 0.3) is 0 Å². The standard InChI is InChI=1S/C22H18F2N4O/c1-12-13(2)28(19-9-16(23)8-17(24)10-19)22-20(12)21(25-11-26-22)27-18-6-4-15(5-7-18)14(3)29/h4-11H,1-3H3,(H,25,26,27). The summed E-state index contributed by atoms with van der Waals surface area (Å²) in [6.07, 6.45) is 1.40. The molecule has 146 valence electrons. The van der Waals surface area contributed by atoms with Crippen molar-refractivity contribution in [2.24, 2.45) is 0 Å². The number of anilines is 2. The van der Waals surface area contributed by atoms with Crippen molar-refractivity contribution in [1.29, 1.82) is 0 Å². The molecule has 2 aromatic carbocycles. The number of carbonyl (C=O) groups is 1. The summed E-state index contributed by atoms with van der Waals surface area (Å²) in [6.45, 7) is 5.29. The van der Waals surface area contributed by atoms with Crippen LogP contribution in [0.2, 0.25) is 0 Å². The SMILES string of the molecule is CC(=O)c1ccc(Nc2ncnc3c2c(C)c(C)n3-c2cc(F)cc(F)c2)cc1. The predicted molar refractivity (Wildman–Crippen MR) is 108 cm³/mol. The van der Waals surface area contributed by atoms with Crippen LogP contribution in [0.1, 0.15) is 28.5 Å². The zero-order valence-electron chi connectivity index (χ0n) is 16.1. The largest absolute Gasteiger partial charge is 0.340 e. The highest BCUT2D eigenvalue weighted by Crippen LogP contribution is 2.33. The molecule has 0 spiro atoms. The zero-order chi connectivity index (χ0) is 20.7. The van der Waals surface area contributed by atoms with Crippen molar-refractivity contribution in [3.05, 3.63) is 77.2 Å². The van der Waals surface area contributed by atoms with E-state index in [0.29, 0.717) is 22.7 Å². The monoisotopic (exact) mass is 392 g/mol. The Balaban J connectivity index is 1.84. The predicted octanol–water partition coefficient (Wildman–Crippen LogP) is 5.26. The highest BCUT2D eigenvalue weighted by atomic mass is 19.1. The normalized spacial score (nSPS) is 11.1. The van der Waals surface area contributed by atoms with Crippen LogP contribution < -0.4 is 5.32 Å². The molecule has 29 heavy (non-hydrogen) atoms. The number of aryl methyl sites for hydroxylation is 1. The molecule has 0 bridgehead atoms. The maximum Gasteiger partial charge on any atom is 0.159 e. The van der Waals surface area contributed by atoms with E-state index >= 15 is 0 Å². The minimum Gasteiger partial charge on any atom is -0.340 e. The molecule has 0 aliphatic carbocycles. The van der Waals surface area contributed by atoms with Crippen LogP contribution in [-0.2, 0) is 0 Å². The number of Topliss-reactive ketones (excluding diaryl/α,β-unsaturated/α-hetero) is 1. The quantitative estimate of drug-likeness (QED) is 0.481. The van der Waals surface area contributed by atoms with E-state index in [2.05, 4.69) is 15.3 Å². The lowest BCUT2D eigenvalue weighted by Crippen LogP contribution is -2.01. The Bertz CT molecular complexity index is 1230. The maximum atomic E-state index is 13.8. The van der Waals surface area contributed by atoms with E-state index in [1.165, 1.54) is 25.4 Å². The van der Waals surface area contributed by atoms with Crippen molar-refractivity contribution < 1.29 is 13.6 Å². The van der Waals surface area contributed by atoms with E-state index in [1.807, 2.05) is 13.8 Å². The summed E-state index contributed by atoms with van der Waals surface area (Å²) in [5.41, 5.74) is 3.98. The molecule has 2 aromatic heterocycles. The number of hydrogen-bond donors (Lipinski definition) is 1. The number of hydrogen-bond acceptors (Lipinski definition) is 4. The first-order valence-corrected chi connectivity index (χ1v) is 9.02. The number of fused-ring (bicyclic) bond motifs is 1. The fraction of sp³-hybridized carbons (Fsp3) is 0.136. The van der Waals surface area contributed by atoms with Gasteiger partial charge in [-0.05, 0) is 62.7 Å². The summed E-state index contributed by atoms with van der Waals surface area (Å²) in [5.74, 6) is -0.748. The number of carbonyl (C=O) groups excluding carboxylic acids is 1. The number of rotatable bonds is 4. The van der Waals surface area contributed by atoms with Gasteiger partial charge in [0.05, 0.1) is 11.1 Å². The molecule has 1 N–H and O–H groups in total. The van der Waals surface area contributed by atoms with Gasteiger partial charge in [0, 0.05) is 23.0 Å². The van der Waals surface area contributed by atoms with Crippen LogP contribution in [-0.4, -0.2) is 20.3 Å². The van der Waals surface area contributed by atoms with Crippen LogP contribution in [0.5, 0.6) is 0 Å². The Labute approximate surface area is 166 Å². The highest BCUT2D eigenvalue weighted by molar-refractivity contribution is 5.96. The number of ketones is 1. The van der Waals surface area contributed by atoms with Crippen molar-refractivity contribution in [3.8, 4) is 5.69 Å². The van der Waals surface area contributed by atoms with Crippen LogP contribution >= 0.6 is 0 Å². The molecule has 0 aliphatic heterocycles. The summed E-state index contributed by atoms with van der Waals surface area (Å²) >= 11 is 0. The lowest BCUT2D eigenvalue weighted by Gasteiger charge is -2.09. The van der Waals surface area contributed by atoms with Crippen molar-refractivity contribution in [3.63, 3.8) is 0 Å². The Morgan fingerprint density at radius 2 is 1.66 bits per heavy atom. The number of halogens is 2. The second kappa shape index (κ2) is 7.09. The van der Waals surface area contributed by atoms with Crippen LogP contribution in [0.25, 0.3) is 16.7 Å². The number of nitrogens with zero attached hydrogens (tertiary/aromatic N) is 3. The molecule has 4 aromatic rings. The van der Waals surface area contributed by atoms with Gasteiger partial charge in [0.1, 0.15) is 23.8 Å². The summed E-state index contributed by atoms with van der Waals surface area (Å²) in [4.78, 5) is 20.2. The second-order valence-corrected chi connectivity index (χ2v) is 6.85. The summed E-state index contributed by atoms with van der Waals surface area (Å²) in [6, 6.07) is 10.4. The third kappa shape index (κ3) is 3.35. The fourth-order valence-electron chi connectivity index (χ4n) is 3.40. The van der Waals surface area contributed by atoms with Crippen molar-refractivity contribution >= 4 is 28.3 Å². The zero-order valence-corrected chi connectivity index (χ0v) is 16.1. The number of benzene rings is 2. The van der Waals surface area contributed by atoms with Crippen molar-refractivity contribution in [2.45, 2.75) is 20.8 Å². The second-order valence-electron chi connectivity index (χ2n) is 6.85. The Hall–Kier alpha value is -3.61. The Morgan fingerprint density at radius 1 is 1.00 bits per heavy atom. The Kier molecular flexibility index (Phi) is 4.58. The van der Waals surface area contributed by atoms with Crippen LogP contribution in [0.15, 0.2) is 48.8 Å². The van der Waals surface area contributed by atoms with Gasteiger partial charge in [-0.1, -0.05) is 0 Å². The summed E-state index contributed by atoms with van der Waals surface area (Å²) < 4.78 is 29.3. The average Bonchev–Trinajstić information content (AvgIpc) is 2.93. The smallest absolute Gasteiger partial charge is 0.159 e. The van der Waals surface area contributed by atoms with Gasteiger partial charge in [0.2, 0.25) is 0 Å². The molecule has 0 fully saturated rings. The molecule has 0 saturated heterocycles. The molecule has 0 radical (unpaired) electrons. The van der Waals surface area contributed by atoms with Gasteiger partial charge in [-0.15, -0.1) is 0 Å². The van der Waals surface area contributed by atoms with Gasteiger partial charge in [-0.25, -0.2) is 18.7 Å². The van der Waals surface area contributed by atoms with E-state index in [9.17, 15) is 13.6 Å². The molecule has 4 rings (SSSR count). The fourth-order valence-corrected chi connectivity index (χ4v) is 3.40. The minimum atomic E-state index is -0.656. The third-order valence-electron chi connectivity index (χ3n) is 4.95. The first kappa shape index (κ1) is 18.7. The van der Waals surface area contributed by atoms with E-state index in [4.69, 9.17) is 0 Å². The number of nitrogens with one attached hydrogen (secondary N) is 1. The van der Waals surface area contributed by atoms with E-state index in [-0.39, 0.29) is 5.78 Å². The summed E-state index contributed by atoms with van der Waals surface area (Å²) in [7, 11) is 0. The maximum absolute atomic E-state index is 13.8. The van der Waals surface area contributed by atoms with Crippen LogP contribution in [0.3, 0.4) is 0 Å². The molecule has 5 nitrogen and oxygen atoms in total. The van der Waals surface area contributed by atoms with Crippen molar-refractivity contribution in [1.82, 2.24) is 14.5 Å². The lowest BCUT2D eigenvalue weighted by molar-refractivity contribution is 0.101. The average molecular weight is 392 g/mol. The first-order valence-electron chi connectivity index (χ1n) is 9.02. The Morgan fingerprint density at radius 3 is 2.28 bits per heavy atom. The first-order chi connectivity index (χ1) is 13.8. The van der Waals surface area contributed by atoms with E-state index in [0.717, 1.165) is 28.4 Å². The molecular formula is C22H18F2N4O. The molecule has 0 unspecified atom stereocenters. The third-order valence-corrected chi connectivity index (χ3v) is 4.95. The van der Waals surface area contributed by atoms with Gasteiger partial charge in [-0.3, -0.25) is 9.36 Å². The van der Waals surface area contributed by atoms with Crippen LogP contribution in [0.4, 0.5) is 20.3 Å². The van der Waals surface area contributed by atoms with E-state index < -0.39 is 11.6 Å². The molecule has 0 atom stereocenters. The molecule has 0 aliphatic rings. The number of aromatic nitrogens is 3. The minimum absolute atomic E-state index is 0.00755. The van der Waals surface area contributed by atoms with Crippen LogP contribution in [0, 0.1) is 25.5 Å². The molecule has 0 saturated carbocycles. The molecule has 0 amide bonds. The molecule has 7 heteroatoms. The van der Waals surface area contributed by atoms with Gasteiger partial charge < -0.3 is 5.32 Å². The van der Waals surface area contributed by atoms with Gasteiger partial charge in [0.15, 0.2) is 11.4 Å². The summed E-state index contributed by atoms with van der Waals surface area (Å²) in [5, 5.41) is 4.00. The van der Waals surface area contributed by atoms with Gasteiger partial charge in [-0.2, -0.15) is 0 Å². The lowest BCUT2D eigenvalue weighted by atomic mass is 10.1. The van der Waals surface area contributed by atoms with Gasteiger partial charge >= 0.3 is 0 Å². The van der Waals surface area contributed by atoms with Crippen molar-refractivity contribution in [2.75, 3.05) is 5.32 Å². The molecular weight excluding hydrogens is 374 g/mol. The topological polar surface area (TPSA) is 59.8 Å². The van der Waals surface area contributed by atoms with E-state index in [1.54, 1.807) is 28.8 Å². The highest BCUT2D eigenvalue weighted by Gasteiger charge is 2.18. The molecule has 2 heterocycles.